The van der Waals surface area contributed by atoms with Crippen molar-refractivity contribution in [1.29, 1.82) is 0 Å². The molecule has 2 unspecified atom stereocenters. The number of carbonyl (C=O) groups is 1. The van der Waals surface area contributed by atoms with Crippen LogP contribution in [0, 0.1) is 17.8 Å². The van der Waals surface area contributed by atoms with Gasteiger partial charge in [0.2, 0.25) is 5.91 Å². The highest BCUT2D eigenvalue weighted by Gasteiger charge is 2.25. The van der Waals surface area contributed by atoms with Crippen LogP contribution in [-0.4, -0.2) is 30.4 Å². The molecule has 1 amide bonds. The predicted octanol–water partition coefficient (Wildman–Crippen LogP) is 2.65. The number of nitrogens with two attached hydrogens (primary N) is 1. The third-order valence-corrected chi connectivity index (χ3v) is 4.13. The molecule has 0 bridgehead atoms. The molecule has 106 valence electrons. The number of rotatable bonds is 5. The van der Waals surface area contributed by atoms with Crippen LogP contribution in [0.4, 0.5) is 0 Å². The molecule has 3 heteroatoms. The van der Waals surface area contributed by atoms with Gasteiger partial charge >= 0.3 is 0 Å². The number of amides is 1. The highest BCUT2D eigenvalue weighted by molar-refractivity contribution is 5.79. The van der Waals surface area contributed by atoms with Crippen LogP contribution >= 0.6 is 0 Å². The van der Waals surface area contributed by atoms with Crippen LogP contribution in [0.15, 0.2) is 0 Å². The van der Waals surface area contributed by atoms with Gasteiger partial charge < -0.3 is 10.6 Å². The van der Waals surface area contributed by atoms with Crippen molar-refractivity contribution in [3.63, 3.8) is 0 Å². The first-order valence-corrected chi connectivity index (χ1v) is 7.57. The fraction of sp³-hybridized carbons (Fsp3) is 0.933. The number of nitrogens with zero attached hydrogens (tertiary/aromatic N) is 1. The van der Waals surface area contributed by atoms with E-state index in [4.69, 9.17) is 5.73 Å². The van der Waals surface area contributed by atoms with E-state index >= 15 is 0 Å². The lowest BCUT2D eigenvalue weighted by molar-refractivity contribution is -0.135. The van der Waals surface area contributed by atoms with Gasteiger partial charge in [0.05, 0.1) is 5.92 Å². The lowest BCUT2D eigenvalue weighted by Crippen LogP contribution is -2.40. The van der Waals surface area contributed by atoms with Gasteiger partial charge in [-0.3, -0.25) is 4.79 Å². The van der Waals surface area contributed by atoms with Crippen LogP contribution < -0.4 is 5.73 Å². The Morgan fingerprint density at radius 2 is 2.06 bits per heavy atom. The zero-order valence-corrected chi connectivity index (χ0v) is 12.3. The van der Waals surface area contributed by atoms with Crippen molar-refractivity contribution in [2.45, 2.75) is 52.9 Å². The van der Waals surface area contributed by atoms with Crippen molar-refractivity contribution >= 4 is 5.91 Å². The van der Waals surface area contributed by atoms with E-state index in [1.807, 2.05) is 0 Å². The Morgan fingerprint density at radius 3 is 2.61 bits per heavy atom. The molecule has 0 aliphatic carbocycles. The quantitative estimate of drug-likeness (QED) is 0.820. The maximum absolute atomic E-state index is 12.5. The van der Waals surface area contributed by atoms with E-state index in [1.165, 1.54) is 19.3 Å². The molecule has 0 radical (unpaired) electrons. The normalized spacial score (nSPS) is 22.9. The largest absolute Gasteiger partial charge is 0.342 e. The summed E-state index contributed by atoms with van der Waals surface area (Å²) in [5.74, 6) is 1.67. The Bertz CT molecular complexity index is 253. The number of carbonyl (C=O) groups excluding carboxylic acids is 1. The van der Waals surface area contributed by atoms with Crippen molar-refractivity contribution in [3.05, 3.63) is 0 Å². The standard InChI is InChI=1S/C15H30N2O/c1-4-13-6-5-8-17(9-7-13)15(18)14(11-16)10-12(2)3/h12-14H,4-11,16H2,1-3H3. The van der Waals surface area contributed by atoms with E-state index in [1.54, 1.807) is 0 Å². The molecule has 18 heavy (non-hydrogen) atoms. The molecule has 0 aromatic heterocycles. The van der Waals surface area contributed by atoms with Crippen LogP contribution in [0.2, 0.25) is 0 Å². The Hall–Kier alpha value is -0.570. The van der Waals surface area contributed by atoms with Gasteiger partial charge in [-0.15, -0.1) is 0 Å². The smallest absolute Gasteiger partial charge is 0.226 e. The molecule has 1 fully saturated rings. The Kier molecular flexibility index (Phi) is 6.69. The van der Waals surface area contributed by atoms with E-state index in [9.17, 15) is 4.79 Å². The van der Waals surface area contributed by atoms with Gasteiger partial charge in [-0.2, -0.15) is 0 Å². The van der Waals surface area contributed by atoms with Crippen LogP contribution in [0.25, 0.3) is 0 Å². The minimum Gasteiger partial charge on any atom is -0.342 e. The summed E-state index contributed by atoms with van der Waals surface area (Å²) in [7, 11) is 0. The molecule has 0 spiro atoms. The first-order valence-electron chi connectivity index (χ1n) is 7.57. The highest BCUT2D eigenvalue weighted by Crippen LogP contribution is 2.22. The van der Waals surface area contributed by atoms with E-state index in [0.29, 0.717) is 18.4 Å². The van der Waals surface area contributed by atoms with Gasteiger partial charge in [-0.25, -0.2) is 0 Å². The van der Waals surface area contributed by atoms with Gasteiger partial charge in [0.25, 0.3) is 0 Å². The van der Waals surface area contributed by atoms with Gasteiger partial charge in [0.1, 0.15) is 0 Å². The summed E-state index contributed by atoms with van der Waals surface area (Å²) in [6.45, 7) is 8.93. The van der Waals surface area contributed by atoms with Crippen LogP contribution in [-0.2, 0) is 4.79 Å². The first-order chi connectivity index (χ1) is 8.58. The number of hydrogen-bond acceptors (Lipinski definition) is 2. The van der Waals surface area contributed by atoms with Gasteiger partial charge in [0, 0.05) is 19.6 Å². The summed E-state index contributed by atoms with van der Waals surface area (Å²) in [4.78, 5) is 14.5. The van der Waals surface area contributed by atoms with E-state index < -0.39 is 0 Å². The molecule has 1 saturated heterocycles. The second-order valence-corrected chi connectivity index (χ2v) is 6.09. The van der Waals surface area contributed by atoms with E-state index in [-0.39, 0.29) is 5.92 Å². The minimum atomic E-state index is 0.0307. The number of likely N-dealkylation sites (tertiary alicyclic amines) is 1. The summed E-state index contributed by atoms with van der Waals surface area (Å²) < 4.78 is 0. The third kappa shape index (κ3) is 4.60. The second kappa shape index (κ2) is 7.78. The zero-order chi connectivity index (χ0) is 13.5. The summed E-state index contributed by atoms with van der Waals surface area (Å²) in [5.41, 5.74) is 5.77. The Morgan fingerprint density at radius 1 is 1.33 bits per heavy atom. The summed E-state index contributed by atoms with van der Waals surface area (Å²) in [6, 6.07) is 0. The molecule has 1 aliphatic rings. The monoisotopic (exact) mass is 254 g/mol. The zero-order valence-electron chi connectivity index (χ0n) is 12.3. The van der Waals surface area contributed by atoms with Crippen molar-refractivity contribution in [1.82, 2.24) is 4.90 Å². The molecular formula is C15H30N2O. The number of hydrogen-bond donors (Lipinski definition) is 1. The highest BCUT2D eigenvalue weighted by atomic mass is 16.2. The SMILES string of the molecule is CCC1CCCN(C(=O)C(CN)CC(C)C)CC1. The molecule has 3 nitrogen and oxygen atoms in total. The average Bonchev–Trinajstić information content (AvgIpc) is 2.60. The van der Waals surface area contributed by atoms with Crippen LogP contribution in [0.5, 0.6) is 0 Å². The van der Waals surface area contributed by atoms with Crippen molar-refractivity contribution in [3.8, 4) is 0 Å². The van der Waals surface area contributed by atoms with Crippen molar-refractivity contribution in [2.75, 3.05) is 19.6 Å². The average molecular weight is 254 g/mol. The fourth-order valence-electron chi connectivity index (χ4n) is 2.92. The molecule has 1 aliphatic heterocycles. The molecule has 0 aromatic carbocycles. The molecule has 2 atom stereocenters. The van der Waals surface area contributed by atoms with Gasteiger partial charge in [0.15, 0.2) is 0 Å². The molecule has 1 rings (SSSR count). The predicted molar refractivity (Wildman–Crippen MR) is 76.2 cm³/mol. The molecular weight excluding hydrogens is 224 g/mol. The maximum atomic E-state index is 12.5. The van der Waals surface area contributed by atoms with Gasteiger partial charge in [-0.05, 0) is 37.5 Å². The van der Waals surface area contributed by atoms with Crippen molar-refractivity contribution < 1.29 is 4.79 Å². The Balaban J connectivity index is 2.53. The van der Waals surface area contributed by atoms with Crippen LogP contribution in [0.3, 0.4) is 0 Å². The third-order valence-electron chi connectivity index (χ3n) is 4.13. The topological polar surface area (TPSA) is 46.3 Å². The first kappa shape index (κ1) is 15.5. The van der Waals surface area contributed by atoms with Gasteiger partial charge in [-0.1, -0.05) is 27.2 Å². The summed E-state index contributed by atoms with van der Waals surface area (Å²) in [5, 5.41) is 0. The van der Waals surface area contributed by atoms with E-state index in [2.05, 4.69) is 25.7 Å². The van der Waals surface area contributed by atoms with Crippen LogP contribution in [0.1, 0.15) is 52.9 Å². The lowest BCUT2D eigenvalue weighted by Gasteiger charge is -2.26. The summed E-state index contributed by atoms with van der Waals surface area (Å²) >= 11 is 0. The molecule has 0 aromatic rings. The van der Waals surface area contributed by atoms with E-state index in [0.717, 1.165) is 31.8 Å². The lowest BCUT2D eigenvalue weighted by atomic mass is 9.95. The fourth-order valence-corrected chi connectivity index (χ4v) is 2.92. The second-order valence-electron chi connectivity index (χ2n) is 6.09. The Labute approximate surface area is 112 Å². The summed E-state index contributed by atoms with van der Waals surface area (Å²) in [6.07, 6.45) is 5.76. The minimum absolute atomic E-state index is 0.0307. The van der Waals surface area contributed by atoms with Crippen molar-refractivity contribution in [2.24, 2.45) is 23.5 Å². The molecule has 2 N–H and O–H groups in total. The molecule has 0 saturated carbocycles. The molecule has 1 heterocycles. The maximum Gasteiger partial charge on any atom is 0.226 e.